The van der Waals surface area contributed by atoms with Gasteiger partial charge in [-0.1, -0.05) is 245 Å². The molecule has 0 bridgehead atoms. The monoisotopic (exact) mass is 1560 g/mol. The van der Waals surface area contributed by atoms with Crippen molar-refractivity contribution in [2.75, 3.05) is 0 Å². The summed E-state index contributed by atoms with van der Waals surface area (Å²) in [7, 11) is 0. The van der Waals surface area contributed by atoms with Gasteiger partial charge in [-0.15, -0.1) is 0 Å². The molecule has 0 amide bonds. The van der Waals surface area contributed by atoms with Crippen molar-refractivity contribution in [2.45, 2.75) is 40.0 Å². The average Bonchev–Trinajstić information content (AvgIpc) is 1.61. The summed E-state index contributed by atoms with van der Waals surface area (Å²) in [6, 6.07) is 131. The SMILES string of the molecule is CCc1nc2ccc(-c3cc(-c4ccc5ccccc5c4)cc(-c4ccc5ccccc5c4)c3)c3c2n1-c1ccccc1O3.CCc1nc2ccc(-c3ccc(-c4nc5ccccc5n4-c4ccccc4)cc3)c3c2n1-c1ccccc1O3.CCc1nc2ccc(-c3ccc4cc(-c5ccc6ccccc6c5)ccc4c3)c3c2n1-c1ccccc1O3. The van der Waals surface area contributed by atoms with E-state index in [-0.39, 0.29) is 0 Å². The minimum atomic E-state index is 0.835. The topological polar surface area (TPSA) is 99.0 Å². The molecule has 0 saturated heterocycles. The van der Waals surface area contributed by atoms with Gasteiger partial charge >= 0.3 is 0 Å². The van der Waals surface area contributed by atoms with Crippen LogP contribution in [0.3, 0.4) is 0 Å². The molecule has 574 valence electrons. The van der Waals surface area contributed by atoms with Crippen LogP contribution in [0.15, 0.2) is 370 Å². The van der Waals surface area contributed by atoms with E-state index < -0.39 is 0 Å². The first kappa shape index (κ1) is 70.7. The number of nitrogens with zero attached hydrogens (tertiary/aromatic N) is 8. The number of aryl methyl sites for hydroxylation is 3. The fourth-order valence-electron chi connectivity index (χ4n) is 18.2. The maximum atomic E-state index is 6.74. The summed E-state index contributed by atoms with van der Waals surface area (Å²) in [5.74, 6) is 9.18. The van der Waals surface area contributed by atoms with Crippen molar-refractivity contribution in [2.24, 2.45) is 0 Å². The second-order valence-electron chi connectivity index (χ2n) is 31.2. The molecule has 11 heteroatoms. The minimum Gasteiger partial charge on any atom is -0.452 e. The normalized spacial score (nSPS) is 12.1. The lowest BCUT2D eigenvalue weighted by Crippen LogP contribution is -2.07. The summed E-state index contributed by atoms with van der Waals surface area (Å²) in [6.07, 6.45) is 2.53. The molecule has 11 nitrogen and oxygen atoms in total. The lowest BCUT2D eigenvalue weighted by molar-refractivity contribution is 0.476. The highest BCUT2D eigenvalue weighted by molar-refractivity contribution is 6.02. The van der Waals surface area contributed by atoms with Crippen LogP contribution in [0.5, 0.6) is 34.5 Å². The molecule has 0 N–H and O–H groups in total. The summed E-state index contributed by atoms with van der Waals surface area (Å²) in [6.45, 7) is 6.45. The van der Waals surface area contributed by atoms with Gasteiger partial charge in [0.2, 0.25) is 0 Å². The van der Waals surface area contributed by atoms with Gasteiger partial charge < -0.3 is 14.2 Å². The van der Waals surface area contributed by atoms with Crippen molar-refractivity contribution in [3.8, 4) is 135 Å². The van der Waals surface area contributed by atoms with Crippen molar-refractivity contribution in [1.82, 2.24) is 38.2 Å². The molecular weight excluding hydrogens is 1480 g/mol. The van der Waals surface area contributed by atoms with Gasteiger partial charge in [-0.2, -0.15) is 0 Å². The Morgan fingerprint density at radius 2 is 0.545 bits per heavy atom. The quantitative estimate of drug-likeness (QED) is 0.127. The van der Waals surface area contributed by atoms with Gasteiger partial charge in [0, 0.05) is 47.2 Å². The Balaban J connectivity index is 0.000000106. The van der Waals surface area contributed by atoms with E-state index in [9.17, 15) is 0 Å². The third-order valence-corrected chi connectivity index (χ3v) is 24.1. The molecule has 0 radical (unpaired) electrons. The summed E-state index contributed by atoms with van der Waals surface area (Å²) < 4.78 is 28.9. The highest BCUT2D eigenvalue weighted by Gasteiger charge is 2.31. The Labute approximate surface area is 698 Å². The van der Waals surface area contributed by atoms with E-state index in [0.717, 1.165) is 183 Å². The van der Waals surface area contributed by atoms with Gasteiger partial charge in [-0.3, -0.25) is 18.3 Å². The minimum absolute atomic E-state index is 0.835. The molecule has 0 aliphatic carbocycles. The first-order valence-electron chi connectivity index (χ1n) is 41.6. The first-order chi connectivity index (χ1) is 59.8. The molecular formula is C110H76N8O3. The molecule has 4 aromatic heterocycles. The van der Waals surface area contributed by atoms with Crippen molar-refractivity contribution < 1.29 is 14.2 Å². The van der Waals surface area contributed by atoms with E-state index in [2.05, 4.69) is 354 Å². The Hall–Kier alpha value is -15.7. The van der Waals surface area contributed by atoms with Crippen LogP contribution in [0, 0.1) is 0 Å². The van der Waals surface area contributed by atoms with E-state index in [1.807, 2.05) is 54.6 Å². The number of hydrogen-bond acceptors (Lipinski definition) is 7. The van der Waals surface area contributed by atoms with Crippen LogP contribution >= 0.6 is 0 Å². The Bertz CT molecular complexity index is 7870. The number of para-hydroxylation sites is 9. The van der Waals surface area contributed by atoms with Gasteiger partial charge in [0.15, 0.2) is 34.5 Å². The summed E-state index contributed by atoms with van der Waals surface area (Å²) in [5.41, 5.74) is 27.0. The number of rotatable bonds is 11. The van der Waals surface area contributed by atoms with Gasteiger partial charge in [0.05, 0.1) is 44.6 Å². The highest BCUT2D eigenvalue weighted by Crippen LogP contribution is 2.52. The van der Waals surface area contributed by atoms with Crippen LogP contribution in [0.25, 0.3) is 188 Å². The number of benzene rings is 18. The van der Waals surface area contributed by atoms with Crippen molar-refractivity contribution in [3.05, 3.63) is 388 Å². The summed E-state index contributed by atoms with van der Waals surface area (Å²) in [5, 5.41) is 9.90. The third kappa shape index (κ3) is 12.0. The summed E-state index contributed by atoms with van der Waals surface area (Å²) in [4.78, 5) is 19.9. The zero-order chi connectivity index (χ0) is 80.3. The van der Waals surface area contributed by atoms with E-state index in [1.165, 1.54) is 76.5 Å². The molecule has 0 fully saturated rings. The number of imidazole rings is 4. The van der Waals surface area contributed by atoms with Gasteiger partial charge in [0.25, 0.3) is 0 Å². The fraction of sp³-hybridized carbons (Fsp3) is 0.0545. The van der Waals surface area contributed by atoms with Crippen molar-refractivity contribution >= 4 is 87.2 Å². The standard InChI is InChI=1S/C41H28N2O.C35H24N2O.C34H24N4O/c1-2-39-42-36-20-19-35(41-40(36)43(39)37-13-7-8-14-38(37)44-41)34-24-32(30-17-15-26-9-3-5-11-28(26)21-30)23-33(25-34)31-18-16-27-10-4-6-12-29(27)22-31;1-2-33-36-30-18-17-29(35-34(30)37(33)31-9-5-6-10-32(31)38-35)28-16-15-26-20-25(13-14-27(26)21-28)24-12-11-22-7-3-4-8-23(22)19-24;1-2-31-35-27-21-20-25(33-32(27)38(31)29-14-8-9-15-30(29)39-33)22-16-18-23(19-17-22)34-36-26-12-6-7-13-28(26)37(34)24-10-4-3-5-11-24/h3-25H,2H2,1H3;3-21H,2H2,1H3;3-21H,2H2,1H3. The molecule has 7 heterocycles. The van der Waals surface area contributed by atoms with E-state index in [4.69, 9.17) is 34.1 Å². The number of fused-ring (bicyclic) bond motifs is 11. The fourth-order valence-corrected chi connectivity index (χ4v) is 18.2. The smallest absolute Gasteiger partial charge is 0.161 e. The molecule has 25 rings (SSSR count). The molecule has 3 aliphatic rings. The van der Waals surface area contributed by atoms with Crippen LogP contribution < -0.4 is 14.2 Å². The molecule has 18 aromatic carbocycles. The summed E-state index contributed by atoms with van der Waals surface area (Å²) >= 11 is 0. The second-order valence-corrected chi connectivity index (χ2v) is 31.2. The Kier molecular flexibility index (Phi) is 16.9. The molecule has 0 spiro atoms. The van der Waals surface area contributed by atoms with Crippen LogP contribution in [0.2, 0.25) is 0 Å². The van der Waals surface area contributed by atoms with Crippen LogP contribution in [-0.4, -0.2) is 38.2 Å². The second kappa shape index (κ2) is 28.9. The largest absolute Gasteiger partial charge is 0.452 e. The third-order valence-electron chi connectivity index (χ3n) is 24.1. The predicted octanol–water partition coefficient (Wildman–Crippen LogP) is 28.7. The Morgan fingerprint density at radius 1 is 0.223 bits per heavy atom. The number of aromatic nitrogens is 8. The number of hydrogen-bond donors (Lipinski definition) is 0. The molecule has 121 heavy (non-hydrogen) atoms. The van der Waals surface area contributed by atoms with Crippen LogP contribution in [0.1, 0.15) is 38.2 Å². The number of ether oxygens (including phenoxy) is 3. The van der Waals surface area contributed by atoms with Gasteiger partial charge in [-0.25, -0.2) is 19.9 Å². The average molecular weight is 1560 g/mol. The molecule has 0 atom stereocenters. The maximum absolute atomic E-state index is 6.74. The predicted molar refractivity (Wildman–Crippen MR) is 494 cm³/mol. The first-order valence-corrected chi connectivity index (χ1v) is 41.6. The van der Waals surface area contributed by atoms with Crippen LogP contribution in [-0.2, 0) is 19.3 Å². The van der Waals surface area contributed by atoms with Crippen molar-refractivity contribution in [1.29, 1.82) is 0 Å². The zero-order valence-corrected chi connectivity index (χ0v) is 66.6. The molecule has 0 saturated carbocycles. The molecule has 0 unspecified atom stereocenters. The highest BCUT2D eigenvalue weighted by atomic mass is 16.5. The lowest BCUT2D eigenvalue weighted by atomic mass is 9.91. The maximum Gasteiger partial charge on any atom is 0.161 e. The van der Waals surface area contributed by atoms with Gasteiger partial charge in [-0.05, 0) is 239 Å². The van der Waals surface area contributed by atoms with E-state index in [1.54, 1.807) is 0 Å². The Morgan fingerprint density at radius 3 is 0.992 bits per heavy atom. The van der Waals surface area contributed by atoms with E-state index in [0.29, 0.717) is 0 Å². The molecule has 3 aliphatic heterocycles. The lowest BCUT2D eigenvalue weighted by Gasteiger charge is -2.23. The van der Waals surface area contributed by atoms with Crippen molar-refractivity contribution in [3.63, 3.8) is 0 Å². The van der Waals surface area contributed by atoms with E-state index >= 15 is 0 Å². The molecule has 22 aromatic rings. The van der Waals surface area contributed by atoms with Gasteiger partial charge in [0.1, 0.15) is 39.8 Å². The van der Waals surface area contributed by atoms with Crippen LogP contribution in [0.4, 0.5) is 0 Å². The zero-order valence-electron chi connectivity index (χ0n) is 66.6.